The number of hydrogen-bond donors (Lipinski definition) is 2. The topological polar surface area (TPSA) is 68.2 Å². The number of ether oxygens (including phenoxy) is 1. The molecule has 33 heavy (non-hydrogen) atoms. The minimum absolute atomic E-state index is 0.0696. The van der Waals surface area contributed by atoms with Gasteiger partial charge in [-0.2, -0.15) is 0 Å². The van der Waals surface area contributed by atoms with Crippen molar-refractivity contribution in [2.45, 2.75) is 13.3 Å². The smallest absolute Gasteiger partial charge is 0.406 e. The van der Waals surface area contributed by atoms with Gasteiger partial charge in [-0.15, -0.1) is 18.3 Å². The number of hydrogen-bond acceptors (Lipinski definition) is 4. The highest BCUT2D eigenvalue weighted by Crippen LogP contribution is 2.32. The third-order valence-electron chi connectivity index (χ3n) is 5.43. The summed E-state index contributed by atoms with van der Waals surface area (Å²) in [5.74, 6) is -1.34. The van der Waals surface area contributed by atoms with E-state index in [0.29, 0.717) is 23.5 Å². The maximum absolute atomic E-state index is 13.4. The molecule has 0 spiro atoms. The molecular formula is C23H20F4N4O2. The molecule has 0 unspecified atom stereocenters. The molecule has 1 amide bonds. The number of rotatable bonds is 5. The number of alkyl halides is 3. The molecule has 0 bridgehead atoms. The maximum atomic E-state index is 13.4. The van der Waals surface area contributed by atoms with Gasteiger partial charge in [0.1, 0.15) is 11.6 Å². The van der Waals surface area contributed by atoms with E-state index in [-0.39, 0.29) is 23.6 Å². The first-order valence-corrected chi connectivity index (χ1v) is 10.1. The van der Waals surface area contributed by atoms with Crippen LogP contribution in [-0.4, -0.2) is 28.6 Å². The Morgan fingerprint density at radius 3 is 2.58 bits per heavy atom. The van der Waals surface area contributed by atoms with Crippen LogP contribution in [-0.2, 0) is 4.79 Å². The van der Waals surface area contributed by atoms with Gasteiger partial charge in [0.2, 0.25) is 5.91 Å². The second-order valence-electron chi connectivity index (χ2n) is 7.67. The zero-order chi connectivity index (χ0) is 23.8. The van der Waals surface area contributed by atoms with Crippen LogP contribution in [0.5, 0.6) is 5.75 Å². The summed E-state index contributed by atoms with van der Waals surface area (Å²) in [6.45, 7) is 6.21. The lowest BCUT2D eigenvalue weighted by Gasteiger charge is -2.12. The Morgan fingerprint density at radius 1 is 1.21 bits per heavy atom. The standard InChI is InChI=1S/C23H20F4N4O2/c1-13-14(2)28-12-19(13)22(32)29-21-11-20(31(30-21)17-8-6-16(24)7-9-17)15-4-3-5-18(10-15)33-23(25,26)27/h3-11,13,19,28H,2,12H2,1H3,(H,29,30,32)/t13-,19-/m0/s1. The molecule has 2 aromatic carbocycles. The normalized spacial score (nSPS) is 18.2. The lowest BCUT2D eigenvalue weighted by atomic mass is 9.95. The number of carbonyl (C=O) groups is 1. The Morgan fingerprint density at radius 2 is 1.94 bits per heavy atom. The lowest BCUT2D eigenvalue weighted by Crippen LogP contribution is -2.28. The van der Waals surface area contributed by atoms with E-state index >= 15 is 0 Å². The monoisotopic (exact) mass is 460 g/mol. The molecule has 1 saturated heterocycles. The van der Waals surface area contributed by atoms with Crippen LogP contribution >= 0.6 is 0 Å². The number of nitrogens with one attached hydrogen (secondary N) is 2. The van der Waals surface area contributed by atoms with Crippen molar-refractivity contribution in [2.24, 2.45) is 11.8 Å². The van der Waals surface area contributed by atoms with Crippen molar-refractivity contribution in [3.05, 3.63) is 72.7 Å². The molecule has 6 nitrogen and oxygen atoms in total. The number of aromatic nitrogens is 2. The van der Waals surface area contributed by atoms with Crippen molar-refractivity contribution in [3.63, 3.8) is 0 Å². The molecule has 2 atom stereocenters. The van der Waals surface area contributed by atoms with Crippen LogP contribution in [0, 0.1) is 17.7 Å². The van der Waals surface area contributed by atoms with Gasteiger partial charge in [-0.1, -0.05) is 25.6 Å². The number of carbonyl (C=O) groups excluding carboxylic acids is 1. The van der Waals surface area contributed by atoms with Crippen LogP contribution in [0.2, 0.25) is 0 Å². The van der Waals surface area contributed by atoms with E-state index in [2.05, 4.69) is 27.0 Å². The van der Waals surface area contributed by atoms with E-state index in [0.717, 1.165) is 5.70 Å². The van der Waals surface area contributed by atoms with Gasteiger partial charge in [0, 0.05) is 29.8 Å². The zero-order valence-corrected chi connectivity index (χ0v) is 17.5. The largest absolute Gasteiger partial charge is 0.573 e. The summed E-state index contributed by atoms with van der Waals surface area (Å²) in [6, 6.07) is 12.3. The molecule has 0 radical (unpaired) electrons. The molecule has 1 aromatic heterocycles. The molecule has 2 heterocycles. The molecule has 2 N–H and O–H groups in total. The Kier molecular flexibility index (Phi) is 5.84. The van der Waals surface area contributed by atoms with Gasteiger partial charge in [0.15, 0.2) is 5.82 Å². The molecule has 3 aromatic rings. The Balaban J connectivity index is 1.70. The van der Waals surface area contributed by atoms with Gasteiger partial charge >= 0.3 is 6.36 Å². The van der Waals surface area contributed by atoms with Crippen LogP contribution in [0.3, 0.4) is 0 Å². The quantitative estimate of drug-likeness (QED) is 0.533. The van der Waals surface area contributed by atoms with Gasteiger partial charge in [-0.25, -0.2) is 9.07 Å². The molecule has 172 valence electrons. The van der Waals surface area contributed by atoms with Crippen LogP contribution in [0.15, 0.2) is 66.9 Å². The van der Waals surface area contributed by atoms with E-state index in [1.54, 1.807) is 6.07 Å². The summed E-state index contributed by atoms with van der Waals surface area (Å²) >= 11 is 0. The third-order valence-corrected chi connectivity index (χ3v) is 5.43. The molecule has 10 heteroatoms. The molecule has 1 aliphatic heterocycles. The Labute approximate surface area is 186 Å². The average Bonchev–Trinajstić information content (AvgIpc) is 3.31. The number of nitrogens with zero attached hydrogens (tertiary/aromatic N) is 2. The highest BCUT2D eigenvalue weighted by atomic mass is 19.4. The van der Waals surface area contributed by atoms with Crippen molar-refractivity contribution in [1.82, 2.24) is 15.1 Å². The van der Waals surface area contributed by atoms with Crippen LogP contribution in [0.1, 0.15) is 6.92 Å². The van der Waals surface area contributed by atoms with Gasteiger partial charge < -0.3 is 15.4 Å². The molecule has 4 rings (SSSR count). The number of amides is 1. The van der Waals surface area contributed by atoms with Gasteiger partial charge in [0.05, 0.1) is 17.3 Å². The number of allylic oxidation sites excluding steroid dienone is 1. The predicted octanol–water partition coefficient (Wildman–Crippen LogP) is 4.88. The molecular weight excluding hydrogens is 440 g/mol. The Bertz CT molecular complexity index is 1190. The van der Waals surface area contributed by atoms with E-state index in [9.17, 15) is 22.4 Å². The van der Waals surface area contributed by atoms with Crippen molar-refractivity contribution in [3.8, 4) is 22.7 Å². The molecule has 0 saturated carbocycles. The fraction of sp³-hybridized carbons (Fsp3) is 0.217. The fourth-order valence-electron chi connectivity index (χ4n) is 3.64. The second-order valence-corrected chi connectivity index (χ2v) is 7.67. The summed E-state index contributed by atoms with van der Waals surface area (Å²) in [5.41, 5.74) is 1.97. The van der Waals surface area contributed by atoms with Crippen LogP contribution in [0.4, 0.5) is 23.4 Å². The Hall–Kier alpha value is -3.82. The van der Waals surface area contributed by atoms with Crippen molar-refractivity contribution < 1.29 is 27.1 Å². The summed E-state index contributed by atoms with van der Waals surface area (Å²) in [4.78, 5) is 12.8. The highest BCUT2D eigenvalue weighted by molar-refractivity contribution is 5.93. The van der Waals surface area contributed by atoms with E-state index in [4.69, 9.17) is 0 Å². The van der Waals surface area contributed by atoms with Gasteiger partial charge in [-0.3, -0.25) is 4.79 Å². The molecule has 1 fully saturated rings. The van der Waals surface area contributed by atoms with Gasteiger partial charge in [0.25, 0.3) is 0 Å². The SMILES string of the molecule is C=C1NC[C@H](C(=O)Nc2cc(-c3cccc(OC(F)(F)F)c3)n(-c3ccc(F)cc3)n2)[C@H]1C. The predicted molar refractivity (Wildman–Crippen MR) is 114 cm³/mol. The van der Waals surface area contributed by atoms with Gasteiger partial charge in [-0.05, 0) is 36.4 Å². The van der Waals surface area contributed by atoms with E-state index < -0.39 is 17.9 Å². The number of anilines is 1. The highest BCUT2D eigenvalue weighted by Gasteiger charge is 2.33. The van der Waals surface area contributed by atoms with Crippen molar-refractivity contribution >= 4 is 11.7 Å². The first-order valence-electron chi connectivity index (χ1n) is 10.1. The summed E-state index contributed by atoms with van der Waals surface area (Å²) in [5, 5.41) is 10.2. The summed E-state index contributed by atoms with van der Waals surface area (Å²) < 4.78 is 56.9. The first-order chi connectivity index (χ1) is 15.6. The average molecular weight is 460 g/mol. The number of halogens is 4. The zero-order valence-electron chi connectivity index (χ0n) is 17.5. The van der Waals surface area contributed by atoms with Crippen LogP contribution in [0.25, 0.3) is 16.9 Å². The van der Waals surface area contributed by atoms with Crippen molar-refractivity contribution in [1.29, 1.82) is 0 Å². The number of benzene rings is 2. The van der Waals surface area contributed by atoms with E-state index in [1.165, 1.54) is 53.2 Å². The second kappa shape index (κ2) is 8.61. The van der Waals surface area contributed by atoms with Crippen molar-refractivity contribution in [2.75, 3.05) is 11.9 Å². The summed E-state index contributed by atoms with van der Waals surface area (Å²) in [6.07, 6.45) is -4.84. The minimum atomic E-state index is -4.84. The van der Waals surface area contributed by atoms with Crippen LogP contribution < -0.4 is 15.4 Å². The molecule has 1 aliphatic rings. The first kappa shape index (κ1) is 22.4. The fourth-order valence-corrected chi connectivity index (χ4v) is 3.64. The molecule has 0 aliphatic carbocycles. The van der Waals surface area contributed by atoms with E-state index in [1.807, 2.05) is 6.92 Å². The minimum Gasteiger partial charge on any atom is -0.406 e. The third kappa shape index (κ3) is 5.00. The summed E-state index contributed by atoms with van der Waals surface area (Å²) in [7, 11) is 0. The maximum Gasteiger partial charge on any atom is 0.573 e. The lowest BCUT2D eigenvalue weighted by molar-refractivity contribution is -0.274.